The summed E-state index contributed by atoms with van der Waals surface area (Å²) in [7, 11) is -3.68. The minimum Gasteiger partial charge on any atom is -0.376 e. The maximum absolute atomic E-state index is 12.4. The number of hydrogen-bond donors (Lipinski definition) is 2. The molecule has 0 radical (unpaired) electrons. The molecule has 0 aromatic heterocycles. The van der Waals surface area contributed by atoms with E-state index in [0.717, 1.165) is 25.0 Å². The first-order valence-electron chi connectivity index (χ1n) is 8.13. The van der Waals surface area contributed by atoms with Crippen LogP contribution < -0.4 is 10.0 Å². The Bertz CT molecular complexity index is 702. The average Bonchev–Trinajstić information content (AvgIpc) is 2.95. The van der Waals surface area contributed by atoms with Crippen LogP contribution in [0.1, 0.15) is 49.5 Å². The van der Waals surface area contributed by atoms with E-state index in [1.165, 1.54) is 12.1 Å². The number of benzene rings is 1. The van der Waals surface area contributed by atoms with Crippen LogP contribution in [0.2, 0.25) is 0 Å². The van der Waals surface area contributed by atoms with Gasteiger partial charge in [0.1, 0.15) is 0 Å². The van der Waals surface area contributed by atoms with Crippen LogP contribution in [0.5, 0.6) is 0 Å². The molecule has 1 aliphatic heterocycles. The molecule has 24 heavy (non-hydrogen) atoms. The Labute approximate surface area is 144 Å². The molecule has 1 heterocycles. The third-order valence-corrected chi connectivity index (χ3v) is 5.47. The molecule has 1 aromatic carbocycles. The highest BCUT2D eigenvalue weighted by molar-refractivity contribution is 7.89. The molecule has 0 saturated carbocycles. The molecular formula is C17H26N2O4S. The maximum atomic E-state index is 12.4. The highest BCUT2D eigenvalue weighted by Gasteiger charge is 2.24. The van der Waals surface area contributed by atoms with Gasteiger partial charge in [0, 0.05) is 24.3 Å². The molecule has 1 saturated heterocycles. The smallest absolute Gasteiger partial charge is 0.251 e. The van der Waals surface area contributed by atoms with Crippen molar-refractivity contribution in [2.45, 2.75) is 57.1 Å². The standard InChI is InChI=1S/C17H26N2O4S/c1-12-7-8-14(24(21,22)19-17(2,3)4)10-15(12)16(20)18-11-13-6-5-9-23-13/h7-8,10,13,19H,5-6,9,11H2,1-4H3,(H,18,20). The van der Waals surface area contributed by atoms with E-state index in [1.54, 1.807) is 33.8 Å². The molecule has 1 aromatic rings. The number of carbonyl (C=O) groups excluding carboxylic acids is 1. The average molecular weight is 354 g/mol. The van der Waals surface area contributed by atoms with Crippen LogP contribution in [-0.4, -0.2) is 39.1 Å². The van der Waals surface area contributed by atoms with E-state index in [4.69, 9.17) is 4.74 Å². The van der Waals surface area contributed by atoms with E-state index in [2.05, 4.69) is 10.0 Å². The van der Waals surface area contributed by atoms with Crippen molar-refractivity contribution < 1.29 is 17.9 Å². The summed E-state index contributed by atoms with van der Waals surface area (Å²) in [5.41, 5.74) is 0.505. The third-order valence-electron chi connectivity index (χ3n) is 3.72. The van der Waals surface area contributed by atoms with Gasteiger partial charge in [0.15, 0.2) is 0 Å². The molecule has 1 amide bonds. The second-order valence-electron chi connectivity index (χ2n) is 7.18. The fraction of sp³-hybridized carbons (Fsp3) is 0.588. The van der Waals surface area contributed by atoms with Crippen molar-refractivity contribution in [1.29, 1.82) is 0 Å². The Balaban J connectivity index is 2.17. The summed E-state index contributed by atoms with van der Waals surface area (Å²) < 4.78 is 33.0. The third kappa shape index (κ3) is 5.03. The Morgan fingerprint density at radius 3 is 2.62 bits per heavy atom. The van der Waals surface area contributed by atoms with Gasteiger partial charge >= 0.3 is 0 Å². The summed E-state index contributed by atoms with van der Waals surface area (Å²) in [5, 5.41) is 2.83. The SMILES string of the molecule is Cc1ccc(S(=O)(=O)NC(C)(C)C)cc1C(=O)NCC1CCCO1. The largest absolute Gasteiger partial charge is 0.376 e. The molecule has 6 nitrogen and oxygen atoms in total. The molecule has 1 atom stereocenters. The van der Waals surface area contributed by atoms with Crippen LogP contribution >= 0.6 is 0 Å². The first-order chi connectivity index (χ1) is 11.1. The summed E-state index contributed by atoms with van der Waals surface area (Å²) in [6, 6.07) is 4.59. The van der Waals surface area contributed by atoms with Crippen LogP contribution in [0.4, 0.5) is 0 Å². The Morgan fingerprint density at radius 2 is 2.04 bits per heavy atom. The lowest BCUT2D eigenvalue weighted by molar-refractivity contribution is 0.0857. The predicted molar refractivity (Wildman–Crippen MR) is 92.6 cm³/mol. The fourth-order valence-electron chi connectivity index (χ4n) is 2.58. The number of amides is 1. The second-order valence-corrected chi connectivity index (χ2v) is 8.86. The lowest BCUT2D eigenvalue weighted by Crippen LogP contribution is -2.40. The van der Waals surface area contributed by atoms with Crippen LogP contribution in [-0.2, 0) is 14.8 Å². The highest BCUT2D eigenvalue weighted by Crippen LogP contribution is 2.18. The van der Waals surface area contributed by atoms with Crippen LogP contribution in [0.3, 0.4) is 0 Å². The van der Waals surface area contributed by atoms with Gasteiger partial charge in [0.05, 0.1) is 11.0 Å². The maximum Gasteiger partial charge on any atom is 0.251 e. The van der Waals surface area contributed by atoms with Gasteiger partial charge < -0.3 is 10.1 Å². The van der Waals surface area contributed by atoms with Crippen molar-refractivity contribution in [3.63, 3.8) is 0 Å². The molecule has 2 rings (SSSR count). The van der Waals surface area contributed by atoms with Gasteiger partial charge in [0.25, 0.3) is 5.91 Å². The fourth-order valence-corrected chi connectivity index (χ4v) is 4.03. The lowest BCUT2D eigenvalue weighted by Gasteiger charge is -2.21. The van der Waals surface area contributed by atoms with Crippen molar-refractivity contribution in [2.24, 2.45) is 0 Å². The second kappa shape index (κ2) is 7.21. The lowest BCUT2D eigenvalue weighted by atomic mass is 10.1. The molecule has 134 valence electrons. The number of nitrogens with one attached hydrogen (secondary N) is 2. The summed E-state index contributed by atoms with van der Waals surface area (Å²) in [6.07, 6.45) is 1.98. The first kappa shape index (κ1) is 18.9. The molecule has 0 bridgehead atoms. The summed E-state index contributed by atoms with van der Waals surface area (Å²) in [6.45, 7) is 8.27. The van der Waals surface area contributed by atoms with Gasteiger partial charge in [0.2, 0.25) is 10.0 Å². The summed E-state index contributed by atoms with van der Waals surface area (Å²) in [5.74, 6) is -0.282. The Hall–Kier alpha value is -1.44. The normalized spacial score (nSPS) is 18.6. The molecule has 7 heteroatoms. The molecule has 1 unspecified atom stereocenters. The van der Waals surface area contributed by atoms with Gasteiger partial charge in [-0.1, -0.05) is 6.07 Å². The molecule has 2 N–H and O–H groups in total. The van der Waals surface area contributed by atoms with Gasteiger partial charge in [-0.15, -0.1) is 0 Å². The van der Waals surface area contributed by atoms with Crippen LogP contribution in [0.15, 0.2) is 23.1 Å². The zero-order valence-corrected chi connectivity index (χ0v) is 15.5. The van der Waals surface area contributed by atoms with Crippen LogP contribution in [0, 0.1) is 6.92 Å². The van der Waals surface area contributed by atoms with E-state index in [0.29, 0.717) is 12.1 Å². The van der Waals surface area contributed by atoms with E-state index < -0.39 is 15.6 Å². The minimum absolute atomic E-state index is 0.0451. The quantitative estimate of drug-likeness (QED) is 0.847. The van der Waals surface area contributed by atoms with Gasteiger partial charge in [-0.25, -0.2) is 13.1 Å². The number of aryl methyl sites for hydroxylation is 1. The number of hydrogen-bond acceptors (Lipinski definition) is 4. The number of carbonyl (C=O) groups is 1. The number of sulfonamides is 1. The Morgan fingerprint density at radius 1 is 1.33 bits per heavy atom. The van der Waals surface area contributed by atoms with Gasteiger partial charge in [-0.2, -0.15) is 0 Å². The molecule has 1 aliphatic rings. The first-order valence-corrected chi connectivity index (χ1v) is 9.61. The van der Waals surface area contributed by atoms with Crippen molar-refractivity contribution in [2.75, 3.05) is 13.2 Å². The van der Waals surface area contributed by atoms with Crippen molar-refractivity contribution in [3.05, 3.63) is 29.3 Å². The summed E-state index contributed by atoms with van der Waals surface area (Å²) >= 11 is 0. The minimum atomic E-state index is -3.68. The van der Waals surface area contributed by atoms with E-state index in [9.17, 15) is 13.2 Å². The van der Waals surface area contributed by atoms with Gasteiger partial charge in [-0.05, 0) is 58.2 Å². The van der Waals surface area contributed by atoms with Crippen LogP contribution in [0.25, 0.3) is 0 Å². The highest BCUT2D eigenvalue weighted by atomic mass is 32.2. The molecule has 1 fully saturated rings. The topological polar surface area (TPSA) is 84.5 Å². The molecule has 0 spiro atoms. The Kier molecular flexibility index (Phi) is 5.67. The monoisotopic (exact) mass is 354 g/mol. The predicted octanol–water partition coefficient (Wildman–Crippen LogP) is 1.98. The summed E-state index contributed by atoms with van der Waals surface area (Å²) in [4.78, 5) is 12.5. The van der Waals surface area contributed by atoms with Crippen molar-refractivity contribution >= 4 is 15.9 Å². The van der Waals surface area contributed by atoms with E-state index in [1.807, 2.05) is 0 Å². The number of ether oxygens (including phenoxy) is 1. The zero-order valence-electron chi connectivity index (χ0n) is 14.7. The van der Waals surface area contributed by atoms with Crippen molar-refractivity contribution in [1.82, 2.24) is 10.0 Å². The zero-order chi connectivity index (χ0) is 18.0. The van der Waals surface area contributed by atoms with E-state index >= 15 is 0 Å². The molecule has 0 aliphatic carbocycles. The molecular weight excluding hydrogens is 328 g/mol. The van der Waals surface area contributed by atoms with Gasteiger partial charge in [-0.3, -0.25) is 4.79 Å². The van der Waals surface area contributed by atoms with Crippen molar-refractivity contribution in [3.8, 4) is 0 Å². The number of rotatable bonds is 5. The van der Waals surface area contributed by atoms with E-state index in [-0.39, 0.29) is 16.9 Å².